The van der Waals surface area contributed by atoms with E-state index in [2.05, 4.69) is 205 Å². The molecule has 0 spiro atoms. The Labute approximate surface area is 336 Å². The lowest BCUT2D eigenvalue weighted by Crippen LogP contribution is -1.95. The number of hydrogen-bond donors (Lipinski definition) is 0. The number of nitrogens with zero attached hydrogens (tertiary/aromatic N) is 2. The maximum absolute atomic E-state index is 6.30. The molecule has 3 heteroatoms. The van der Waals surface area contributed by atoms with Crippen molar-refractivity contribution in [3.8, 4) is 27.9 Å². The second kappa shape index (κ2) is 13.5. The molecule has 3 aromatic heterocycles. The normalized spacial score (nSPS) is 12.5. The molecule has 3 nitrogen and oxygen atoms in total. The van der Waals surface area contributed by atoms with Gasteiger partial charge in [-0.2, -0.15) is 0 Å². The molecule has 11 aromatic rings. The van der Waals surface area contributed by atoms with E-state index in [0.717, 1.165) is 61.1 Å². The quantitative estimate of drug-likeness (QED) is 0.149. The van der Waals surface area contributed by atoms with Crippen LogP contribution in [-0.2, 0) is 0 Å². The van der Waals surface area contributed by atoms with Gasteiger partial charge in [0, 0.05) is 43.7 Å². The molecule has 0 N–H and O–H groups in total. The molecule has 0 radical (unpaired) electrons. The summed E-state index contributed by atoms with van der Waals surface area (Å²) in [5.74, 6) is 0. The third kappa shape index (κ3) is 5.36. The zero-order valence-corrected chi connectivity index (χ0v) is 32.1. The number of fused-ring (bicyclic) bond motifs is 9. The van der Waals surface area contributed by atoms with Gasteiger partial charge in [0.15, 0.2) is 0 Å². The molecule has 58 heavy (non-hydrogen) atoms. The monoisotopic (exact) mass is 742 g/mol. The van der Waals surface area contributed by atoms with Crippen LogP contribution in [0.5, 0.6) is 0 Å². The number of hydrogen-bond acceptors (Lipinski definition) is 1. The molecule has 0 aliphatic rings. The number of furan rings is 1. The Morgan fingerprint density at radius 1 is 0.466 bits per heavy atom. The molecule has 0 atom stereocenters. The van der Waals surface area contributed by atoms with E-state index in [1.165, 1.54) is 49.3 Å². The number of para-hydroxylation sites is 3. The number of aromatic nitrogens is 2. The minimum Gasteiger partial charge on any atom is -0.456 e. The van der Waals surface area contributed by atoms with Crippen LogP contribution in [0.15, 0.2) is 211 Å². The summed E-state index contributed by atoms with van der Waals surface area (Å²) in [6, 6.07) is 65.4. The average Bonchev–Trinajstić information content (AvgIpc) is 3.94. The molecule has 0 unspecified atom stereocenters. The Bertz CT molecular complexity index is 3460. The summed E-state index contributed by atoms with van der Waals surface area (Å²) in [5, 5.41) is 7.11. The Morgan fingerprint density at radius 2 is 0.983 bits per heavy atom. The highest BCUT2D eigenvalue weighted by molar-refractivity contribution is 6.14. The van der Waals surface area contributed by atoms with Crippen molar-refractivity contribution in [1.29, 1.82) is 0 Å². The van der Waals surface area contributed by atoms with Crippen LogP contribution in [-0.4, -0.2) is 9.13 Å². The third-order valence-electron chi connectivity index (χ3n) is 11.7. The standard InChI is InChI=1S/C55H38N2O/c1-3-36(37-15-7-5-8-16-37)31-42(4-2)56-50-21-13-11-19-44(50)47-32-38(24-28-51(47)56)39-25-29-52-48(33-39)49-34-40(26-30-53(49)57(52)43-17-9-6-10-18-43)41-23-27-46-45-20-12-14-22-54(45)58-55(46)35-41/h3-35H,2H2,1H3/b36-3+,42-31+. The van der Waals surface area contributed by atoms with E-state index >= 15 is 0 Å². The summed E-state index contributed by atoms with van der Waals surface area (Å²) in [6.45, 7) is 6.37. The second-order valence-corrected chi connectivity index (χ2v) is 14.9. The van der Waals surface area contributed by atoms with Crippen molar-refractivity contribution in [3.05, 3.63) is 212 Å². The Balaban J connectivity index is 1.08. The van der Waals surface area contributed by atoms with Gasteiger partial charge in [0.2, 0.25) is 0 Å². The molecule has 11 rings (SSSR count). The highest BCUT2D eigenvalue weighted by Gasteiger charge is 2.18. The van der Waals surface area contributed by atoms with Crippen molar-refractivity contribution < 1.29 is 4.42 Å². The summed E-state index contributed by atoms with van der Waals surface area (Å²) in [4.78, 5) is 0. The van der Waals surface area contributed by atoms with E-state index in [1.54, 1.807) is 0 Å². The maximum Gasteiger partial charge on any atom is 0.136 e. The molecule has 0 saturated heterocycles. The smallest absolute Gasteiger partial charge is 0.136 e. The first-order chi connectivity index (χ1) is 28.7. The minimum atomic E-state index is 0.902. The molecule has 0 aliphatic heterocycles. The second-order valence-electron chi connectivity index (χ2n) is 14.9. The summed E-state index contributed by atoms with van der Waals surface area (Å²) >= 11 is 0. The molecule has 0 amide bonds. The summed E-state index contributed by atoms with van der Waals surface area (Å²) in [6.07, 6.45) is 6.37. The Morgan fingerprint density at radius 3 is 1.66 bits per heavy atom. The van der Waals surface area contributed by atoms with Crippen molar-refractivity contribution >= 4 is 76.8 Å². The third-order valence-corrected chi connectivity index (χ3v) is 11.7. The summed E-state index contributed by atoms with van der Waals surface area (Å²) in [7, 11) is 0. The van der Waals surface area contributed by atoms with Gasteiger partial charge in [0.25, 0.3) is 0 Å². The van der Waals surface area contributed by atoms with Gasteiger partial charge < -0.3 is 13.6 Å². The van der Waals surface area contributed by atoms with Gasteiger partial charge in [-0.15, -0.1) is 0 Å². The topological polar surface area (TPSA) is 23.0 Å². The van der Waals surface area contributed by atoms with E-state index in [-0.39, 0.29) is 0 Å². The molecule has 274 valence electrons. The lowest BCUT2D eigenvalue weighted by molar-refractivity contribution is 0.669. The van der Waals surface area contributed by atoms with Crippen molar-refractivity contribution in [2.45, 2.75) is 6.92 Å². The van der Waals surface area contributed by atoms with Crippen LogP contribution in [0.25, 0.3) is 105 Å². The largest absolute Gasteiger partial charge is 0.456 e. The molecule has 0 aliphatic carbocycles. The SMILES string of the molecule is C=C/C(=C\C(=C/C)c1ccccc1)n1c2ccccc2c2cc(-c3ccc4c(c3)c3cc(-c5ccc6c(c5)oc5ccccc56)ccc3n4-c3ccccc3)ccc21. The van der Waals surface area contributed by atoms with E-state index in [1.807, 2.05) is 18.2 Å². The van der Waals surface area contributed by atoms with Crippen molar-refractivity contribution in [1.82, 2.24) is 9.13 Å². The van der Waals surface area contributed by atoms with Gasteiger partial charge in [-0.25, -0.2) is 0 Å². The first-order valence-corrected chi connectivity index (χ1v) is 19.8. The molecule has 0 bridgehead atoms. The van der Waals surface area contributed by atoms with Crippen LogP contribution in [0.1, 0.15) is 12.5 Å². The van der Waals surface area contributed by atoms with E-state index in [4.69, 9.17) is 4.42 Å². The zero-order valence-electron chi connectivity index (χ0n) is 32.1. The number of allylic oxidation sites excluding steroid dienone is 5. The van der Waals surface area contributed by atoms with Crippen molar-refractivity contribution in [2.24, 2.45) is 0 Å². The van der Waals surface area contributed by atoms with E-state index in [9.17, 15) is 0 Å². The van der Waals surface area contributed by atoms with Crippen LogP contribution < -0.4 is 0 Å². The van der Waals surface area contributed by atoms with Crippen LogP contribution >= 0.6 is 0 Å². The predicted octanol–water partition coefficient (Wildman–Crippen LogP) is 15.3. The fourth-order valence-corrected chi connectivity index (χ4v) is 8.91. The van der Waals surface area contributed by atoms with Gasteiger partial charge in [-0.05, 0) is 125 Å². The maximum atomic E-state index is 6.30. The van der Waals surface area contributed by atoms with Crippen LogP contribution in [0.4, 0.5) is 0 Å². The molecular formula is C55H38N2O. The fourth-order valence-electron chi connectivity index (χ4n) is 8.91. The first kappa shape index (κ1) is 33.7. The number of benzene rings is 8. The lowest BCUT2D eigenvalue weighted by Gasteiger charge is -2.11. The van der Waals surface area contributed by atoms with Gasteiger partial charge in [0.1, 0.15) is 11.2 Å². The molecular weight excluding hydrogens is 705 g/mol. The first-order valence-electron chi connectivity index (χ1n) is 19.8. The summed E-state index contributed by atoms with van der Waals surface area (Å²) < 4.78 is 11.0. The van der Waals surface area contributed by atoms with Gasteiger partial charge >= 0.3 is 0 Å². The average molecular weight is 743 g/mol. The van der Waals surface area contributed by atoms with Crippen LogP contribution in [0, 0.1) is 0 Å². The lowest BCUT2D eigenvalue weighted by atomic mass is 9.99. The van der Waals surface area contributed by atoms with Gasteiger partial charge in [-0.1, -0.05) is 122 Å². The van der Waals surface area contributed by atoms with E-state index in [0.29, 0.717) is 0 Å². The highest BCUT2D eigenvalue weighted by atomic mass is 16.3. The molecule has 0 fully saturated rings. The number of rotatable bonds is 7. The zero-order chi connectivity index (χ0) is 38.7. The van der Waals surface area contributed by atoms with Crippen molar-refractivity contribution in [2.75, 3.05) is 0 Å². The molecule has 8 aromatic carbocycles. The molecule has 3 heterocycles. The van der Waals surface area contributed by atoms with Gasteiger partial charge in [0.05, 0.1) is 22.1 Å². The van der Waals surface area contributed by atoms with Crippen molar-refractivity contribution in [3.63, 3.8) is 0 Å². The van der Waals surface area contributed by atoms with Crippen LogP contribution in [0.2, 0.25) is 0 Å². The highest BCUT2D eigenvalue weighted by Crippen LogP contribution is 2.40. The Hall–Kier alpha value is -7.62. The minimum absolute atomic E-state index is 0.902. The summed E-state index contributed by atoms with van der Waals surface area (Å²) in [5.41, 5.74) is 15.6. The molecule has 0 saturated carbocycles. The van der Waals surface area contributed by atoms with E-state index < -0.39 is 0 Å². The Kier molecular flexibility index (Phi) is 7.87. The van der Waals surface area contributed by atoms with Gasteiger partial charge in [-0.3, -0.25) is 0 Å². The fraction of sp³-hybridized carbons (Fsp3) is 0.0182. The van der Waals surface area contributed by atoms with Crippen LogP contribution in [0.3, 0.4) is 0 Å². The predicted molar refractivity (Wildman–Crippen MR) is 246 cm³/mol.